The third kappa shape index (κ3) is 5.26. The number of nitrogens with zero attached hydrogens (tertiary/aromatic N) is 3. The Morgan fingerprint density at radius 3 is 2.70 bits per heavy atom. The number of carbonyl (C=O) groups is 1. The summed E-state index contributed by atoms with van der Waals surface area (Å²) in [5.41, 5.74) is 0.979. The number of carbonyl (C=O) groups excluding carboxylic acids is 1. The van der Waals surface area contributed by atoms with Crippen LogP contribution >= 0.6 is 23.4 Å². The van der Waals surface area contributed by atoms with E-state index in [2.05, 4.69) is 33.9 Å². The van der Waals surface area contributed by atoms with E-state index in [-0.39, 0.29) is 5.91 Å². The van der Waals surface area contributed by atoms with Gasteiger partial charge in [0.2, 0.25) is 5.91 Å². The standard InChI is InChI=1S/C20H27ClN4OS/c1-3-12-25-19(15-8-10-16(21)11-9-15)23-24-20(25)27-13-18(26)22-17-7-5-4-6-14(17)2/h8-11,14,17H,3-7,12-13H2,1-2H3,(H,22,26)/t14-,17-/m0/s1. The predicted octanol–water partition coefficient (Wildman–Crippen LogP) is 4.80. The number of rotatable bonds is 7. The van der Waals surface area contributed by atoms with Gasteiger partial charge in [0.05, 0.1) is 5.75 Å². The molecule has 2 atom stereocenters. The van der Waals surface area contributed by atoms with Crippen molar-refractivity contribution >= 4 is 29.3 Å². The SMILES string of the molecule is CCCn1c(SCC(=O)N[C@H]2CCCC[C@@H]2C)nnc1-c1ccc(Cl)cc1. The number of thioether (sulfide) groups is 1. The lowest BCUT2D eigenvalue weighted by atomic mass is 9.86. The van der Waals surface area contributed by atoms with Gasteiger partial charge in [0.1, 0.15) is 0 Å². The Labute approximate surface area is 170 Å². The molecule has 1 aromatic carbocycles. The van der Waals surface area contributed by atoms with E-state index in [4.69, 9.17) is 11.6 Å². The lowest BCUT2D eigenvalue weighted by molar-refractivity contribution is -0.119. The number of hydrogen-bond acceptors (Lipinski definition) is 4. The van der Waals surface area contributed by atoms with Crippen molar-refractivity contribution in [1.82, 2.24) is 20.1 Å². The van der Waals surface area contributed by atoms with Crippen LogP contribution in [0.1, 0.15) is 46.0 Å². The molecule has 1 fully saturated rings. The van der Waals surface area contributed by atoms with Crippen LogP contribution < -0.4 is 5.32 Å². The fourth-order valence-electron chi connectivity index (χ4n) is 3.54. The van der Waals surface area contributed by atoms with Gasteiger partial charge in [-0.3, -0.25) is 4.79 Å². The molecule has 146 valence electrons. The third-order valence-corrected chi connectivity index (χ3v) is 6.28. The van der Waals surface area contributed by atoms with Crippen LogP contribution in [0, 0.1) is 5.92 Å². The highest BCUT2D eigenvalue weighted by Crippen LogP contribution is 2.26. The molecule has 1 amide bonds. The Balaban J connectivity index is 1.65. The minimum absolute atomic E-state index is 0.0813. The number of aromatic nitrogens is 3. The van der Waals surface area contributed by atoms with Crippen LogP contribution in [0.3, 0.4) is 0 Å². The number of nitrogens with one attached hydrogen (secondary N) is 1. The van der Waals surface area contributed by atoms with Gasteiger partial charge in [0.25, 0.3) is 0 Å². The molecule has 1 heterocycles. The average Bonchev–Trinajstić information content (AvgIpc) is 3.06. The monoisotopic (exact) mass is 406 g/mol. The van der Waals surface area contributed by atoms with Crippen molar-refractivity contribution in [3.63, 3.8) is 0 Å². The molecule has 0 aliphatic heterocycles. The molecule has 0 unspecified atom stereocenters. The largest absolute Gasteiger partial charge is 0.352 e. The molecule has 1 saturated carbocycles. The van der Waals surface area contributed by atoms with Gasteiger partial charge in [-0.15, -0.1) is 10.2 Å². The van der Waals surface area contributed by atoms with Crippen molar-refractivity contribution in [3.8, 4) is 11.4 Å². The Kier molecular flexibility index (Phi) is 7.19. The van der Waals surface area contributed by atoms with Crippen LogP contribution in [0.5, 0.6) is 0 Å². The molecular weight excluding hydrogens is 380 g/mol. The van der Waals surface area contributed by atoms with Crippen LogP contribution in [0.25, 0.3) is 11.4 Å². The van der Waals surface area contributed by atoms with Gasteiger partial charge in [-0.25, -0.2) is 0 Å². The maximum absolute atomic E-state index is 12.4. The summed E-state index contributed by atoms with van der Waals surface area (Å²) in [6.07, 6.45) is 5.74. The number of hydrogen-bond donors (Lipinski definition) is 1. The van der Waals surface area contributed by atoms with Crippen molar-refractivity contribution in [1.29, 1.82) is 0 Å². The van der Waals surface area contributed by atoms with E-state index in [1.807, 2.05) is 24.3 Å². The van der Waals surface area contributed by atoms with Crippen LogP contribution in [-0.4, -0.2) is 32.5 Å². The van der Waals surface area contributed by atoms with Gasteiger partial charge in [-0.1, -0.05) is 50.1 Å². The normalized spacial score (nSPS) is 19.8. The third-order valence-electron chi connectivity index (χ3n) is 5.06. The van der Waals surface area contributed by atoms with Crippen LogP contribution in [0.4, 0.5) is 0 Å². The zero-order chi connectivity index (χ0) is 19.2. The summed E-state index contributed by atoms with van der Waals surface area (Å²) in [4.78, 5) is 12.4. The van der Waals surface area contributed by atoms with Gasteiger partial charge in [-0.05, 0) is 49.4 Å². The minimum Gasteiger partial charge on any atom is -0.352 e. The molecule has 2 aromatic rings. The van der Waals surface area contributed by atoms with E-state index >= 15 is 0 Å². The Morgan fingerprint density at radius 1 is 1.26 bits per heavy atom. The summed E-state index contributed by atoms with van der Waals surface area (Å²) in [5, 5.41) is 13.4. The molecule has 27 heavy (non-hydrogen) atoms. The molecule has 5 nitrogen and oxygen atoms in total. The molecule has 0 radical (unpaired) electrons. The highest BCUT2D eigenvalue weighted by molar-refractivity contribution is 7.99. The highest BCUT2D eigenvalue weighted by atomic mass is 35.5. The predicted molar refractivity (Wildman–Crippen MR) is 111 cm³/mol. The molecule has 1 aliphatic carbocycles. The molecule has 1 aliphatic rings. The lowest BCUT2D eigenvalue weighted by Gasteiger charge is -2.29. The van der Waals surface area contributed by atoms with Gasteiger partial charge in [0.15, 0.2) is 11.0 Å². The van der Waals surface area contributed by atoms with Gasteiger partial charge >= 0.3 is 0 Å². The molecule has 0 bridgehead atoms. The fourth-order valence-corrected chi connectivity index (χ4v) is 4.44. The van der Waals surface area contributed by atoms with Gasteiger partial charge < -0.3 is 9.88 Å². The molecule has 0 spiro atoms. The van der Waals surface area contributed by atoms with E-state index in [9.17, 15) is 4.79 Å². The zero-order valence-corrected chi connectivity index (χ0v) is 17.5. The summed E-state index contributed by atoms with van der Waals surface area (Å²) in [6, 6.07) is 7.92. The summed E-state index contributed by atoms with van der Waals surface area (Å²) in [7, 11) is 0. The van der Waals surface area contributed by atoms with E-state index in [1.165, 1.54) is 31.0 Å². The lowest BCUT2D eigenvalue weighted by Crippen LogP contribution is -2.41. The van der Waals surface area contributed by atoms with E-state index in [1.54, 1.807) is 0 Å². The van der Waals surface area contributed by atoms with Crippen LogP contribution in [0.2, 0.25) is 5.02 Å². The van der Waals surface area contributed by atoms with E-state index in [0.29, 0.717) is 22.7 Å². The number of halogens is 1. The first-order chi connectivity index (χ1) is 13.1. The Hall–Kier alpha value is -1.53. The zero-order valence-electron chi connectivity index (χ0n) is 15.9. The minimum atomic E-state index is 0.0813. The maximum atomic E-state index is 12.4. The first-order valence-corrected chi connectivity index (χ1v) is 11.1. The van der Waals surface area contributed by atoms with E-state index < -0.39 is 0 Å². The Bertz CT molecular complexity index is 762. The van der Waals surface area contributed by atoms with E-state index in [0.717, 1.165) is 35.9 Å². The van der Waals surface area contributed by atoms with Crippen molar-refractivity contribution in [2.75, 3.05) is 5.75 Å². The van der Waals surface area contributed by atoms with Crippen molar-refractivity contribution in [2.24, 2.45) is 5.92 Å². The molecule has 1 N–H and O–H groups in total. The first kappa shape index (κ1) is 20.2. The van der Waals surface area contributed by atoms with Crippen LogP contribution in [-0.2, 0) is 11.3 Å². The average molecular weight is 407 g/mol. The summed E-state index contributed by atoms with van der Waals surface area (Å²) < 4.78 is 2.09. The second-order valence-electron chi connectivity index (χ2n) is 7.19. The topological polar surface area (TPSA) is 59.8 Å². The highest BCUT2D eigenvalue weighted by Gasteiger charge is 2.23. The summed E-state index contributed by atoms with van der Waals surface area (Å²) >= 11 is 7.44. The Morgan fingerprint density at radius 2 is 2.00 bits per heavy atom. The fraction of sp³-hybridized carbons (Fsp3) is 0.550. The van der Waals surface area contributed by atoms with Crippen LogP contribution in [0.15, 0.2) is 29.4 Å². The quantitative estimate of drug-likeness (QED) is 0.671. The molecule has 3 rings (SSSR count). The number of benzene rings is 1. The van der Waals surface area contributed by atoms with Gasteiger partial charge in [0, 0.05) is 23.2 Å². The second-order valence-corrected chi connectivity index (χ2v) is 8.57. The van der Waals surface area contributed by atoms with Gasteiger partial charge in [-0.2, -0.15) is 0 Å². The molecule has 1 aromatic heterocycles. The molecule has 0 saturated heterocycles. The van der Waals surface area contributed by atoms with Crippen molar-refractivity contribution in [2.45, 2.75) is 63.7 Å². The smallest absolute Gasteiger partial charge is 0.230 e. The van der Waals surface area contributed by atoms with Crippen molar-refractivity contribution in [3.05, 3.63) is 29.3 Å². The molecular formula is C20H27ClN4OS. The summed E-state index contributed by atoms with van der Waals surface area (Å²) in [6.45, 7) is 5.17. The maximum Gasteiger partial charge on any atom is 0.230 e. The first-order valence-electron chi connectivity index (χ1n) is 9.69. The van der Waals surface area contributed by atoms with Crippen molar-refractivity contribution < 1.29 is 4.79 Å². The summed E-state index contributed by atoms with van der Waals surface area (Å²) in [5.74, 6) is 1.83. The molecule has 7 heteroatoms. The second kappa shape index (κ2) is 9.60. The number of amides is 1.